The highest BCUT2D eigenvalue weighted by molar-refractivity contribution is 5.78. The van der Waals surface area contributed by atoms with Crippen LogP contribution >= 0.6 is 0 Å². The first kappa shape index (κ1) is 15.7. The molecule has 0 bridgehead atoms. The van der Waals surface area contributed by atoms with Crippen LogP contribution in [0.4, 0.5) is 0 Å². The summed E-state index contributed by atoms with van der Waals surface area (Å²) in [6, 6.07) is 5.41. The van der Waals surface area contributed by atoms with E-state index in [1.165, 1.54) is 0 Å². The number of rotatable bonds is 4. The predicted molar refractivity (Wildman–Crippen MR) is 82.5 cm³/mol. The molecular weight excluding hydrogens is 266 g/mol. The van der Waals surface area contributed by atoms with E-state index in [1.807, 2.05) is 31.7 Å². The highest BCUT2D eigenvalue weighted by Gasteiger charge is 2.28. The summed E-state index contributed by atoms with van der Waals surface area (Å²) in [5, 5.41) is 9.71. The number of amides is 1. The minimum Gasteiger partial charge on any atom is -0.508 e. The third-order valence-corrected chi connectivity index (χ3v) is 4.09. The van der Waals surface area contributed by atoms with Crippen LogP contribution in [0.5, 0.6) is 11.5 Å². The minimum atomic E-state index is 0.0214. The van der Waals surface area contributed by atoms with E-state index in [1.54, 1.807) is 12.1 Å². The van der Waals surface area contributed by atoms with Gasteiger partial charge < -0.3 is 14.7 Å². The van der Waals surface area contributed by atoms with Crippen molar-refractivity contribution in [2.45, 2.75) is 46.1 Å². The summed E-state index contributed by atoms with van der Waals surface area (Å²) in [6.45, 7) is 7.03. The lowest BCUT2D eigenvalue weighted by Gasteiger charge is -2.36. The van der Waals surface area contributed by atoms with Crippen molar-refractivity contribution in [1.29, 1.82) is 0 Å². The molecule has 0 aliphatic carbocycles. The Labute approximate surface area is 126 Å². The third kappa shape index (κ3) is 3.69. The van der Waals surface area contributed by atoms with Crippen LogP contribution in [-0.4, -0.2) is 35.1 Å². The van der Waals surface area contributed by atoms with Crippen LogP contribution in [0.2, 0.25) is 0 Å². The van der Waals surface area contributed by atoms with Crippen LogP contribution in [0.15, 0.2) is 18.2 Å². The summed E-state index contributed by atoms with van der Waals surface area (Å²) in [5.41, 5.74) is 0.745. The standard InChI is InChI=1S/C17H25NO3/c1-12(2)17(20)18-10-5-4-7-14(18)11-21-16-9-6-8-15(19)13(16)3/h6,8-9,12,14,19H,4-5,7,10-11H2,1-3H3. The Hall–Kier alpha value is -1.71. The second-order valence-electron chi connectivity index (χ2n) is 6.05. The van der Waals surface area contributed by atoms with Crippen LogP contribution in [0.1, 0.15) is 38.7 Å². The average molecular weight is 291 g/mol. The molecule has 1 aliphatic heterocycles. The number of ether oxygens (including phenoxy) is 1. The van der Waals surface area contributed by atoms with Gasteiger partial charge in [-0.2, -0.15) is 0 Å². The van der Waals surface area contributed by atoms with Gasteiger partial charge in [-0.15, -0.1) is 0 Å². The predicted octanol–water partition coefficient (Wildman–Crippen LogP) is 3.12. The van der Waals surface area contributed by atoms with E-state index in [2.05, 4.69) is 0 Å². The quantitative estimate of drug-likeness (QED) is 0.927. The summed E-state index contributed by atoms with van der Waals surface area (Å²) in [4.78, 5) is 14.2. The molecule has 116 valence electrons. The van der Waals surface area contributed by atoms with E-state index in [0.717, 1.165) is 31.4 Å². The average Bonchev–Trinajstić information content (AvgIpc) is 2.48. The molecule has 1 atom stereocenters. The van der Waals surface area contributed by atoms with Gasteiger partial charge in [0, 0.05) is 18.0 Å². The number of hydrogen-bond donors (Lipinski definition) is 1. The molecular formula is C17H25NO3. The zero-order chi connectivity index (χ0) is 15.4. The SMILES string of the molecule is Cc1c(O)cccc1OCC1CCCCN1C(=O)C(C)C. The fourth-order valence-electron chi connectivity index (χ4n) is 2.74. The summed E-state index contributed by atoms with van der Waals surface area (Å²) in [6.07, 6.45) is 3.19. The largest absolute Gasteiger partial charge is 0.508 e. The van der Waals surface area contributed by atoms with Crippen molar-refractivity contribution < 1.29 is 14.6 Å². The Kier molecular flexibility index (Phi) is 5.10. The van der Waals surface area contributed by atoms with Crippen molar-refractivity contribution in [1.82, 2.24) is 4.90 Å². The molecule has 0 saturated carbocycles. The van der Waals surface area contributed by atoms with Gasteiger partial charge in [-0.25, -0.2) is 0 Å². The van der Waals surface area contributed by atoms with Gasteiger partial charge in [0.1, 0.15) is 18.1 Å². The van der Waals surface area contributed by atoms with Crippen molar-refractivity contribution in [2.75, 3.05) is 13.2 Å². The molecule has 1 aromatic carbocycles. The number of benzene rings is 1. The lowest BCUT2D eigenvalue weighted by Crippen LogP contribution is -2.48. The molecule has 2 rings (SSSR count). The lowest BCUT2D eigenvalue weighted by molar-refractivity contribution is -0.139. The Morgan fingerprint density at radius 1 is 1.43 bits per heavy atom. The van der Waals surface area contributed by atoms with E-state index in [4.69, 9.17) is 4.74 Å². The lowest BCUT2D eigenvalue weighted by atomic mass is 10.0. The van der Waals surface area contributed by atoms with Gasteiger partial charge >= 0.3 is 0 Å². The summed E-state index contributed by atoms with van der Waals surface area (Å²) in [5.74, 6) is 1.16. The smallest absolute Gasteiger partial charge is 0.225 e. The molecule has 4 heteroatoms. The number of piperidine rings is 1. The highest BCUT2D eigenvalue weighted by Crippen LogP contribution is 2.27. The van der Waals surface area contributed by atoms with Crippen LogP contribution in [0.3, 0.4) is 0 Å². The second-order valence-corrected chi connectivity index (χ2v) is 6.05. The zero-order valence-electron chi connectivity index (χ0n) is 13.1. The fraction of sp³-hybridized carbons (Fsp3) is 0.588. The molecule has 1 fully saturated rings. The molecule has 1 heterocycles. The van der Waals surface area contributed by atoms with Crippen molar-refractivity contribution in [3.05, 3.63) is 23.8 Å². The highest BCUT2D eigenvalue weighted by atomic mass is 16.5. The molecule has 0 aromatic heterocycles. The molecule has 1 aromatic rings. The van der Waals surface area contributed by atoms with Gasteiger partial charge in [0.15, 0.2) is 0 Å². The van der Waals surface area contributed by atoms with Crippen molar-refractivity contribution in [3.63, 3.8) is 0 Å². The number of carbonyl (C=O) groups excluding carboxylic acids is 1. The minimum absolute atomic E-state index is 0.0214. The Bertz CT molecular complexity index is 499. The third-order valence-electron chi connectivity index (χ3n) is 4.09. The summed E-state index contributed by atoms with van der Waals surface area (Å²) in [7, 11) is 0. The summed E-state index contributed by atoms with van der Waals surface area (Å²) >= 11 is 0. The molecule has 1 aliphatic rings. The Morgan fingerprint density at radius 2 is 2.19 bits per heavy atom. The maximum Gasteiger partial charge on any atom is 0.225 e. The number of hydrogen-bond acceptors (Lipinski definition) is 3. The maximum atomic E-state index is 12.3. The zero-order valence-corrected chi connectivity index (χ0v) is 13.1. The van der Waals surface area contributed by atoms with Gasteiger partial charge in [-0.1, -0.05) is 19.9 Å². The maximum absolute atomic E-state index is 12.3. The van der Waals surface area contributed by atoms with Gasteiger partial charge in [-0.05, 0) is 38.3 Å². The first-order chi connectivity index (χ1) is 10.0. The number of aromatic hydroxyl groups is 1. The normalized spacial score (nSPS) is 18.9. The number of likely N-dealkylation sites (tertiary alicyclic amines) is 1. The molecule has 1 N–H and O–H groups in total. The van der Waals surface area contributed by atoms with Crippen LogP contribution in [-0.2, 0) is 4.79 Å². The Morgan fingerprint density at radius 3 is 2.90 bits per heavy atom. The molecule has 1 saturated heterocycles. The number of carbonyl (C=O) groups is 1. The molecule has 0 spiro atoms. The number of nitrogens with zero attached hydrogens (tertiary/aromatic N) is 1. The van der Waals surface area contributed by atoms with Crippen LogP contribution < -0.4 is 4.74 Å². The molecule has 1 amide bonds. The number of phenols is 1. The first-order valence-electron chi connectivity index (χ1n) is 7.72. The first-order valence-corrected chi connectivity index (χ1v) is 7.72. The van der Waals surface area contributed by atoms with E-state index in [0.29, 0.717) is 12.4 Å². The van der Waals surface area contributed by atoms with E-state index in [-0.39, 0.29) is 23.6 Å². The van der Waals surface area contributed by atoms with Gasteiger partial charge in [0.05, 0.1) is 6.04 Å². The van der Waals surface area contributed by atoms with Gasteiger partial charge in [0.25, 0.3) is 0 Å². The van der Waals surface area contributed by atoms with E-state index < -0.39 is 0 Å². The van der Waals surface area contributed by atoms with Gasteiger partial charge in [-0.3, -0.25) is 4.79 Å². The van der Waals surface area contributed by atoms with Crippen molar-refractivity contribution in [3.8, 4) is 11.5 Å². The monoisotopic (exact) mass is 291 g/mol. The van der Waals surface area contributed by atoms with Crippen molar-refractivity contribution >= 4 is 5.91 Å². The molecule has 1 unspecified atom stereocenters. The molecule has 0 radical (unpaired) electrons. The van der Waals surface area contributed by atoms with Crippen LogP contribution in [0.25, 0.3) is 0 Å². The Balaban J connectivity index is 2.03. The van der Waals surface area contributed by atoms with Gasteiger partial charge in [0.2, 0.25) is 5.91 Å². The second kappa shape index (κ2) is 6.83. The van der Waals surface area contributed by atoms with Crippen LogP contribution in [0, 0.1) is 12.8 Å². The topological polar surface area (TPSA) is 49.8 Å². The van der Waals surface area contributed by atoms with Crippen molar-refractivity contribution in [2.24, 2.45) is 5.92 Å². The number of phenolic OH excluding ortho intramolecular Hbond substituents is 1. The van der Waals surface area contributed by atoms with E-state index in [9.17, 15) is 9.90 Å². The summed E-state index contributed by atoms with van der Waals surface area (Å²) < 4.78 is 5.86. The van der Waals surface area contributed by atoms with E-state index >= 15 is 0 Å². The molecule has 21 heavy (non-hydrogen) atoms. The molecule has 4 nitrogen and oxygen atoms in total. The fourth-order valence-corrected chi connectivity index (χ4v) is 2.74.